The Morgan fingerprint density at radius 2 is 0.578 bits per heavy atom. The van der Waals surface area contributed by atoms with Crippen LogP contribution in [0.5, 0.6) is 0 Å². The van der Waals surface area contributed by atoms with E-state index in [1.807, 2.05) is 14.7 Å². The van der Waals surface area contributed by atoms with Crippen molar-refractivity contribution in [2.75, 3.05) is 71.2 Å². The molecule has 0 aliphatic carbocycles. The normalized spacial score (nSPS) is 17.3. The molecule has 24 nitrogen and oxygen atoms in total. The highest BCUT2D eigenvalue weighted by Crippen LogP contribution is 2.42. The molecule has 6 aromatic heterocycles. The predicted molar refractivity (Wildman–Crippen MR) is 345 cm³/mol. The van der Waals surface area contributed by atoms with E-state index in [9.17, 15) is 15.3 Å². The summed E-state index contributed by atoms with van der Waals surface area (Å²) in [4.78, 5) is 44.8. The third-order valence-electron chi connectivity index (χ3n) is 18.8. The number of hydrogen-bond donors (Lipinski definition) is 6. The zero-order valence-electron chi connectivity index (χ0n) is 52.8. The summed E-state index contributed by atoms with van der Waals surface area (Å²) >= 11 is 0. The van der Waals surface area contributed by atoms with Gasteiger partial charge in [-0.05, 0) is 110 Å². The highest BCUT2D eigenvalue weighted by atomic mass is 16.5. The monoisotopic (exact) mass is 1220 g/mol. The number of nitrogen functional groups attached to an aromatic ring is 3. The maximum absolute atomic E-state index is 9.74. The van der Waals surface area contributed by atoms with Crippen molar-refractivity contribution >= 4 is 35.9 Å². The Bertz CT molecular complexity index is 3320. The first kappa shape index (κ1) is 64.0. The van der Waals surface area contributed by atoms with Gasteiger partial charge in [0.05, 0.1) is 34.6 Å². The Balaban J connectivity index is 0.000000148. The Labute approximate surface area is 524 Å². The molecule has 0 saturated carbocycles. The summed E-state index contributed by atoms with van der Waals surface area (Å²) in [5.74, 6) is 3.54. The van der Waals surface area contributed by atoms with Gasteiger partial charge in [0.25, 0.3) is 0 Å². The number of benzene rings is 3. The first-order valence-electron chi connectivity index (χ1n) is 31.0. The summed E-state index contributed by atoms with van der Waals surface area (Å²) in [5, 5.41) is 42.3. The lowest BCUT2D eigenvalue weighted by Gasteiger charge is -2.31. The summed E-state index contributed by atoms with van der Waals surface area (Å²) in [6.07, 6.45) is 13.9. The molecule has 1 unspecified atom stereocenters. The molecule has 3 saturated heterocycles. The molecule has 12 rings (SSSR count). The van der Waals surface area contributed by atoms with Crippen LogP contribution < -0.4 is 31.9 Å². The molecule has 0 bridgehead atoms. The van der Waals surface area contributed by atoms with Crippen LogP contribution in [0.4, 0.5) is 35.9 Å². The molecular weight excluding hydrogens is 1140 g/mol. The van der Waals surface area contributed by atoms with E-state index in [0.717, 1.165) is 128 Å². The van der Waals surface area contributed by atoms with E-state index < -0.39 is 16.2 Å². The minimum atomic E-state index is -0.410. The average molecular weight is 1230 g/mol. The fourth-order valence-electron chi connectivity index (χ4n) is 11.5. The number of rotatable bonds is 15. The zero-order chi connectivity index (χ0) is 63.9. The van der Waals surface area contributed by atoms with Crippen LogP contribution in [0.2, 0.25) is 0 Å². The predicted octanol–water partition coefficient (Wildman–Crippen LogP) is 9.10. The van der Waals surface area contributed by atoms with Crippen molar-refractivity contribution in [3.05, 3.63) is 144 Å². The molecule has 0 spiro atoms. The molecule has 3 aliphatic heterocycles. The molecule has 90 heavy (non-hydrogen) atoms. The van der Waals surface area contributed by atoms with Crippen molar-refractivity contribution in [3.63, 3.8) is 0 Å². The van der Waals surface area contributed by atoms with Crippen molar-refractivity contribution in [1.29, 1.82) is 0 Å². The fourth-order valence-corrected chi connectivity index (χ4v) is 11.5. The van der Waals surface area contributed by atoms with Gasteiger partial charge >= 0.3 is 18.0 Å². The van der Waals surface area contributed by atoms with E-state index in [1.165, 1.54) is 0 Å². The summed E-state index contributed by atoms with van der Waals surface area (Å²) < 4.78 is 16.8. The number of aliphatic hydroxyl groups excluding tert-OH is 3. The zero-order valence-corrected chi connectivity index (χ0v) is 52.8. The average Bonchev–Trinajstić information content (AvgIpc) is 1.47. The Kier molecular flexibility index (Phi) is 19.5. The van der Waals surface area contributed by atoms with Crippen molar-refractivity contribution < 1.29 is 28.9 Å². The number of piperidine rings is 3. The maximum Gasteiger partial charge on any atom is 0.324 e. The molecule has 9 heterocycles. The number of aromatic nitrogens is 12. The lowest BCUT2D eigenvalue weighted by Crippen LogP contribution is -2.36. The molecule has 3 atom stereocenters. The Hall–Kier alpha value is -9.00. The van der Waals surface area contributed by atoms with E-state index in [0.29, 0.717) is 35.5 Å². The molecule has 9 N–H and O–H groups in total. The summed E-state index contributed by atoms with van der Waals surface area (Å²) in [5.41, 5.74) is 24.7. The smallest absolute Gasteiger partial charge is 0.324 e. The van der Waals surface area contributed by atoms with Crippen LogP contribution in [0.15, 0.2) is 124 Å². The van der Waals surface area contributed by atoms with Gasteiger partial charge in [-0.3, -0.25) is 0 Å². The van der Waals surface area contributed by atoms with Gasteiger partial charge in [-0.2, -0.15) is 15.0 Å². The third kappa shape index (κ3) is 13.9. The number of hydrogen-bond acceptors (Lipinski definition) is 24. The molecule has 474 valence electrons. The van der Waals surface area contributed by atoms with E-state index in [-0.39, 0.29) is 53.9 Å². The first-order chi connectivity index (χ1) is 43.1. The number of nitrogens with zero attached hydrogens (tertiary/aromatic N) is 15. The van der Waals surface area contributed by atoms with Crippen molar-refractivity contribution in [2.45, 2.75) is 135 Å². The molecule has 0 amide bonds. The van der Waals surface area contributed by atoms with Crippen molar-refractivity contribution in [1.82, 2.24) is 60.3 Å². The molecule has 3 fully saturated rings. The maximum atomic E-state index is 9.74. The van der Waals surface area contributed by atoms with Gasteiger partial charge in [-0.25, -0.2) is 29.9 Å². The highest BCUT2D eigenvalue weighted by molar-refractivity contribution is 5.65. The van der Waals surface area contributed by atoms with Gasteiger partial charge in [0.15, 0.2) is 17.5 Å². The number of aliphatic hydroxyl groups is 3. The van der Waals surface area contributed by atoms with E-state index in [1.54, 1.807) is 37.2 Å². The topological polar surface area (TPSA) is 343 Å². The van der Waals surface area contributed by atoms with Crippen LogP contribution in [-0.2, 0) is 16.2 Å². The fraction of sp³-hybridized carbons (Fsp3) is 0.455. The lowest BCUT2D eigenvalue weighted by molar-refractivity contribution is 0.143. The Morgan fingerprint density at radius 1 is 0.367 bits per heavy atom. The van der Waals surface area contributed by atoms with Crippen LogP contribution in [0.3, 0.4) is 0 Å². The molecule has 24 heteroatoms. The van der Waals surface area contributed by atoms with Crippen LogP contribution in [0.1, 0.15) is 135 Å². The molecular formula is C66H84N18O6. The van der Waals surface area contributed by atoms with Crippen molar-refractivity contribution in [3.8, 4) is 33.4 Å². The van der Waals surface area contributed by atoms with E-state index >= 15 is 0 Å². The van der Waals surface area contributed by atoms with E-state index in [4.69, 9.17) is 45.7 Å². The summed E-state index contributed by atoms with van der Waals surface area (Å²) in [7, 11) is 0. The largest absolute Gasteiger partial charge is 0.393 e. The second-order valence-electron chi connectivity index (χ2n) is 25.1. The first-order valence-corrected chi connectivity index (χ1v) is 31.0. The summed E-state index contributed by atoms with van der Waals surface area (Å²) in [6, 6.07) is 26.5. The minimum absolute atomic E-state index is 0.241. The molecule has 0 radical (unpaired) electrons. The van der Waals surface area contributed by atoms with Crippen LogP contribution in [-0.4, -0.2) is 133 Å². The molecule has 3 aromatic carbocycles. The van der Waals surface area contributed by atoms with Crippen LogP contribution in [0, 0.1) is 17.8 Å². The van der Waals surface area contributed by atoms with Gasteiger partial charge < -0.3 is 60.8 Å². The molecule has 3 aliphatic rings. The molecule has 9 aromatic rings. The van der Waals surface area contributed by atoms with Gasteiger partial charge in [-0.15, -0.1) is 0 Å². The lowest BCUT2D eigenvalue weighted by atomic mass is 9.72. The highest BCUT2D eigenvalue weighted by Gasteiger charge is 2.41. The second kappa shape index (κ2) is 27.4. The minimum Gasteiger partial charge on any atom is -0.393 e. The second-order valence-corrected chi connectivity index (χ2v) is 25.1. The van der Waals surface area contributed by atoms with Crippen LogP contribution in [0.25, 0.3) is 33.4 Å². The number of anilines is 6. The van der Waals surface area contributed by atoms with Gasteiger partial charge in [-0.1, -0.05) is 130 Å². The van der Waals surface area contributed by atoms with Crippen LogP contribution >= 0.6 is 0 Å². The summed E-state index contributed by atoms with van der Waals surface area (Å²) in [6.45, 7) is 23.7. The number of nitrogens with two attached hydrogens (primary N) is 3. The van der Waals surface area contributed by atoms with Crippen molar-refractivity contribution in [2.24, 2.45) is 17.8 Å². The van der Waals surface area contributed by atoms with E-state index in [2.05, 4.69) is 180 Å². The Morgan fingerprint density at radius 3 is 0.778 bits per heavy atom. The standard InChI is InChI=1S/3C22H28N6O2/c3*1-14(2)22(3,19-26-21(30-27-19)28-10-8-18(29)9-11-28)17-6-4-15(5-7-17)16-12-24-20(23)25-13-16/h3*4-7,12-14,18,29H,8-11H2,1-3H3,(H2,23,24,25)/t2*22-;/m10./s1. The SMILES string of the molecule is CC(C)C(C)(c1ccc(-c2cnc(N)nc2)cc1)c1noc(N2CCC(O)CC2)n1.CC(C)[C@@](C)(c1ccc(-c2cnc(N)nc2)cc1)c1noc(N2CCC(O)CC2)n1.CC(C)[C@](C)(c1ccc(-c2cnc(N)nc2)cc1)c1noc(N2CCC(O)CC2)n1. The quantitative estimate of drug-likeness (QED) is 0.0557. The van der Waals surface area contributed by atoms with Gasteiger partial charge in [0.1, 0.15) is 0 Å². The van der Waals surface area contributed by atoms with Gasteiger partial charge in [0, 0.05) is 93.1 Å². The third-order valence-corrected chi connectivity index (χ3v) is 18.8. The van der Waals surface area contributed by atoms with Gasteiger partial charge in [0.2, 0.25) is 17.8 Å².